The Bertz CT molecular complexity index is 1220. The number of ether oxygens (including phenoxy) is 1. The molecule has 1 aliphatic rings. The first kappa shape index (κ1) is 27.7. The number of carboxylic acids is 1. The molecule has 1 aliphatic heterocycles. The van der Waals surface area contributed by atoms with Crippen LogP contribution in [0.25, 0.3) is 0 Å². The average Bonchev–Trinajstić information content (AvgIpc) is 2.82. The second-order valence-electron chi connectivity index (χ2n) is 10.7. The SMILES string of the molecule is COc1cc(C(=O)N2CCN(S(=O)(=O)c3ccccc3)CC2(CC(C)C)C(=O)O)ccc1C(C)(C)C. The highest BCUT2D eigenvalue weighted by Crippen LogP contribution is 2.36. The van der Waals surface area contributed by atoms with Crippen LogP contribution in [0.1, 0.15) is 57.0 Å². The van der Waals surface area contributed by atoms with E-state index in [9.17, 15) is 23.1 Å². The Balaban J connectivity index is 2.06. The van der Waals surface area contributed by atoms with E-state index in [1.54, 1.807) is 30.3 Å². The van der Waals surface area contributed by atoms with Crippen molar-refractivity contribution in [3.63, 3.8) is 0 Å². The highest BCUT2D eigenvalue weighted by molar-refractivity contribution is 7.89. The summed E-state index contributed by atoms with van der Waals surface area (Å²) in [5.74, 6) is -1.25. The third-order valence-electron chi connectivity index (χ3n) is 6.55. The van der Waals surface area contributed by atoms with Gasteiger partial charge in [0.2, 0.25) is 10.0 Å². The summed E-state index contributed by atoms with van der Waals surface area (Å²) in [4.78, 5) is 28.1. The van der Waals surface area contributed by atoms with Gasteiger partial charge < -0.3 is 14.7 Å². The number of aliphatic carboxylic acids is 1. The average molecular weight is 517 g/mol. The first-order valence-electron chi connectivity index (χ1n) is 12.0. The van der Waals surface area contributed by atoms with Crippen LogP contribution in [-0.2, 0) is 20.2 Å². The van der Waals surface area contributed by atoms with Gasteiger partial charge in [0, 0.05) is 25.2 Å². The number of carbonyl (C=O) groups is 2. The number of sulfonamides is 1. The van der Waals surface area contributed by atoms with Gasteiger partial charge in [-0.2, -0.15) is 4.31 Å². The molecule has 1 amide bonds. The normalized spacial score (nSPS) is 19.4. The zero-order valence-electron chi connectivity index (χ0n) is 21.8. The summed E-state index contributed by atoms with van der Waals surface area (Å²) in [6, 6.07) is 13.1. The van der Waals surface area contributed by atoms with E-state index in [4.69, 9.17) is 4.74 Å². The minimum Gasteiger partial charge on any atom is -0.496 e. The molecule has 0 aliphatic carbocycles. The topological polar surface area (TPSA) is 104 Å². The predicted molar refractivity (Wildman–Crippen MR) is 138 cm³/mol. The highest BCUT2D eigenvalue weighted by atomic mass is 32.2. The molecule has 1 atom stereocenters. The molecule has 0 spiro atoms. The third-order valence-corrected chi connectivity index (χ3v) is 8.41. The number of amides is 1. The number of rotatable bonds is 7. The summed E-state index contributed by atoms with van der Waals surface area (Å²) < 4.78 is 33.5. The van der Waals surface area contributed by atoms with Crippen LogP contribution in [0.3, 0.4) is 0 Å². The fraction of sp³-hybridized carbons (Fsp3) is 0.481. The van der Waals surface area contributed by atoms with Crippen LogP contribution in [0.4, 0.5) is 0 Å². The summed E-state index contributed by atoms with van der Waals surface area (Å²) in [6.07, 6.45) is 0.103. The van der Waals surface area contributed by atoms with Gasteiger partial charge in [-0.15, -0.1) is 0 Å². The zero-order chi connectivity index (χ0) is 26.9. The van der Waals surface area contributed by atoms with E-state index >= 15 is 0 Å². The van der Waals surface area contributed by atoms with Crippen molar-refractivity contribution >= 4 is 21.9 Å². The number of hydrogen-bond acceptors (Lipinski definition) is 5. The highest BCUT2D eigenvalue weighted by Gasteiger charge is 2.53. The number of carboxylic acid groups (broad SMARTS) is 1. The molecule has 1 fully saturated rings. The summed E-state index contributed by atoms with van der Waals surface area (Å²) >= 11 is 0. The summed E-state index contributed by atoms with van der Waals surface area (Å²) in [5, 5.41) is 10.5. The van der Waals surface area contributed by atoms with E-state index in [0.29, 0.717) is 11.3 Å². The molecular weight excluding hydrogens is 480 g/mol. The van der Waals surface area contributed by atoms with Crippen molar-refractivity contribution in [1.82, 2.24) is 9.21 Å². The summed E-state index contributed by atoms with van der Waals surface area (Å²) in [6.45, 7) is 9.45. The molecule has 3 rings (SSSR count). The number of hydrogen-bond donors (Lipinski definition) is 1. The summed E-state index contributed by atoms with van der Waals surface area (Å²) in [5.41, 5.74) is -0.714. The predicted octanol–water partition coefficient (Wildman–Crippen LogP) is 4.01. The molecule has 36 heavy (non-hydrogen) atoms. The first-order chi connectivity index (χ1) is 16.7. The van der Waals surface area contributed by atoms with Crippen LogP contribution in [0.5, 0.6) is 5.75 Å². The minimum atomic E-state index is -3.94. The van der Waals surface area contributed by atoms with Crippen molar-refractivity contribution in [2.45, 2.75) is 56.9 Å². The molecule has 0 radical (unpaired) electrons. The van der Waals surface area contributed by atoms with Gasteiger partial charge in [0.05, 0.1) is 12.0 Å². The van der Waals surface area contributed by atoms with E-state index in [0.717, 1.165) is 5.56 Å². The van der Waals surface area contributed by atoms with Crippen LogP contribution in [0.2, 0.25) is 0 Å². The van der Waals surface area contributed by atoms with Gasteiger partial charge in [0.1, 0.15) is 5.75 Å². The Morgan fingerprint density at radius 3 is 2.25 bits per heavy atom. The van der Waals surface area contributed by atoms with Crippen LogP contribution < -0.4 is 4.74 Å². The van der Waals surface area contributed by atoms with Gasteiger partial charge in [-0.1, -0.05) is 58.9 Å². The largest absolute Gasteiger partial charge is 0.496 e. The lowest BCUT2D eigenvalue weighted by Gasteiger charge is -2.48. The van der Waals surface area contributed by atoms with Crippen LogP contribution >= 0.6 is 0 Å². The second-order valence-corrected chi connectivity index (χ2v) is 12.6. The number of nitrogens with zero attached hydrogens (tertiary/aromatic N) is 2. The van der Waals surface area contributed by atoms with E-state index in [1.165, 1.54) is 28.4 Å². The first-order valence-corrected chi connectivity index (χ1v) is 13.5. The molecule has 1 unspecified atom stereocenters. The number of benzene rings is 2. The Morgan fingerprint density at radius 2 is 1.72 bits per heavy atom. The van der Waals surface area contributed by atoms with Crippen molar-refractivity contribution in [3.8, 4) is 5.75 Å². The zero-order valence-corrected chi connectivity index (χ0v) is 22.6. The van der Waals surface area contributed by atoms with Crippen LogP contribution in [0.15, 0.2) is 53.4 Å². The lowest BCUT2D eigenvalue weighted by molar-refractivity contribution is -0.153. The van der Waals surface area contributed by atoms with Crippen molar-refractivity contribution in [1.29, 1.82) is 0 Å². The van der Waals surface area contributed by atoms with Gasteiger partial charge in [0.25, 0.3) is 5.91 Å². The lowest BCUT2D eigenvalue weighted by Crippen LogP contribution is -2.68. The van der Waals surface area contributed by atoms with Gasteiger partial charge >= 0.3 is 5.97 Å². The standard InChI is InChI=1S/C27H36N2O6S/c1-19(2)17-27(25(31)32)18-28(36(33,34)21-10-8-7-9-11-21)14-15-29(27)24(30)20-12-13-22(26(3,4)5)23(16-20)35-6/h7-13,16,19H,14-15,17-18H2,1-6H3,(H,31,32). The van der Waals surface area contributed by atoms with Gasteiger partial charge in [-0.25, -0.2) is 13.2 Å². The van der Waals surface area contributed by atoms with Crippen molar-refractivity contribution in [2.24, 2.45) is 5.92 Å². The molecule has 1 heterocycles. The Morgan fingerprint density at radius 1 is 1.08 bits per heavy atom. The van der Waals surface area contributed by atoms with Gasteiger partial charge in [-0.05, 0) is 47.6 Å². The second kappa shape index (κ2) is 10.2. The molecule has 1 N–H and O–H groups in total. The maximum atomic E-state index is 13.8. The molecule has 0 saturated carbocycles. The maximum Gasteiger partial charge on any atom is 0.331 e. The molecular formula is C27H36N2O6S. The van der Waals surface area contributed by atoms with Crippen LogP contribution in [-0.4, -0.2) is 66.9 Å². The van der Waals surface area contributed by atoms with Gasteiger partial charge in [-0.3, -0.25) is 4.79 Å². The molecule has 2 aromatic rings. The van der Waals surface area contributed by atoms with Crippen LogP contribution in [0, 0.1) is 5.92 Å². The molecule has 8 nitrogen and oxygen atoms in total. The number of carbonyl (C=O) groups excluding carboxylic acids is 1. The Labute approximate surface area is 213 Å². The molecule has 9 heteroatoms. The van der Waals surface area contributed by atoms with Crippen molar-refractivity contribution in [2.75, 3.05) is 26.7 Å². The molecule has 1 saturated heterocycles. The molecule has 196 valence electrons. The van der Waals surface area contributed by atoms with E-state index in [1.807, 2.05) is 40.7 Å². The van der Waals surface area contributed by atoms with Crippen molar-refractivity contribution in [3.05, 3.63) is 59.7 Å². The number of piperazine rings is 1. The van der Waals surface area contributed by atoms with E-state index in [-0.39, 0.29) is 42.3 Å². The monoisotopic (exact) mass is 516 g/mol. The Kier molecular flexibility index (Phi) is 7.86. The lowest BCUT2D eigenvalue weighted by atomic mass is 9.84. The Hall–Kier alpha value is -2.91. The fourth-order valence-electron chi connectivity index (χ4n) is 4.84. The quantitative estimate of drug-likeness (QED) is 0.596. The minimum absolute atomic E-state index is 0.00664. The third kappa shape index (κ3) is 5.27. The fourth-order valence-corrected chi connectivity index (χ4v) is 6.35. The number of methoxy groups -OCH3 is 1. The summed E-state index contributed by atoms with van der Waals surface area (Å²) in [7, 11) is -2.40. The smallest absolute Gasteiger partial charge is 0.331 e. The van der Waals surface area contributed by atoms with Crippen molar-refractivity contribution < 1.29 is 27.9 Å². The maximum absolute atomic E-state index is 13.8. The molecule has 0 bridgehead atoms. The molecule has 0 aromatic heterocycles. The van der Waals surface area contributed by atoms with Gasteiger partial charge in [0.15, 0.2) is 5.54 Å². The van der Waals surface area contributed by atoms with E-state index in [2.05, 4.69) is 0 Å². The molecule has 2 aromatic carbocycles. The van der Waals surface area contributed by atoms with E-state index < -0.39 is 27.4 Å².